The van der Waals surface area contributed by atoms with Gasteiger partial charge in [0.05, 0.1) is 31.7 Å². The molecular weight excluding hydrogens is 454 g/mol. The van der Waals surface area contributed by atoms with Crippen LogP contribution in [-0.2, 0) is 11.3 Å². The van der Waals surface area contributed by atoms with Gasteiger partial charge >= 0.3 is 0 Å². The number of aryl methyl sites for hydroxylation is 2. The average Bonchev–Trinajstić information content (AvgIpc) is 2.96. The fourth-order valence-corrected chi connectivity index (χ4v) is 5.38. The molecule has 2 N–H and O–H groups in total. The number of nitrogens with one attached hydrogen (secondary N) is 2. The molecule has 2 aliphatic rings. The first-order valence-corrected chi connectivity index (χ1v) is 12.4. The zero-order valence-electron chi connectivity index (χ0n) is 19.5. The van der Waals surface area contributed by atoms with Crippen LogP contribution in [0.5, 0.6) is 11.5 Å². The number of ether oxygens (including phenoxy) is 2. The first-order valence-electron chi connectivity index (χ1n) is 11.6. The molecule has 0 spiro atoms. The minimum Gasteiger partial charge on any atom is -0.490 e. The second-order valence-electron chi connectivity index (χ2n) is 8.79. The smallest absolute Gasteiger partial charge is 0.259 e. The van der Waals surface area contributed by atoms with Crippen molar-refractivity contribution >= 4 is 33.1 Å². The molecular formula is C24H29N5O4S. The van der Waals surface area contributed by atoms with Crippen molar-refractivity contribution in [3.05, 3.63) is 44.8 Å². The number of H-pyrrole nitrogens is 1. The van der Waals surface area contributed by atoms with Crippen LogP contribution >= 0.6 is 11.3 Å². The van der Waals surface area contributed by atoms with Crippen LogP contribution in [0.1, 0.15) is 22.7 Å². The van der Waals surface area contributed by atoms with Gasteiger partial charge in [-0.2, -0.15) is 0 Å². The number of nitrogens with zero attached hydrogens (tertiary/aromatic N) is 3. The van der Waals surface area contributed by atoms with Crippen molar-refractivity contribution in [3.8, 4) is 11.5 Å². The van der Waals surface area contributed by atoms with Crippen LogP contribution in [0.4, 0.5) is 5.69 Å². The number of carbonyl (C=O) groups is 1. The van der Waals surface area contributed by atoms with Gasteiger partial charge in [-0.05, 0) is 31.5 Å². The van der Waals surface area contributed by atoms with Crippen molar-refractivity contribution in [2.45, 2.75) is 26.8 Å². The molecule has 0 radical (unpaired) electrons. The highest BCUT2D eigenvalue weighted by molar-refractivity contribution is 7.18. The molecule has 0 aliphatic carbocycles. The third-order valence-electron chi connectivity index (χ3n) is 6.32. The van der Waals surface area contributed by atoms with Gasteiger partial charge in [-0.1, -0.05) is 0 Å². The van der Waals surface area contributed by atoms with Crippen LogP contribution in [0, 0.1) is 13.8 Å². The van der Waals surface area contributed by atoms with Crippen LogP contribution < -0.4 is 20.3 Å². The third-order valence-corrected chi connectivity index (χ3v) is 7.43. The van der Waals surface area contributed by atoms with Gasteiger partial charge in [0.25, 0.3) is 5.56 Å². The topological polar surface area (TPSA) is 99.8 Å². The van der Waals surface area contributed by atoms with Crippen molar-refractivity contribution in [1.29, 1.82) is 0 Å². The SMILES string of the molecule is Cc1sc2nc(CN3CCN(CC(=O)Nc4ccc5c(c4)OCCCO5)CC3)[nH]c(=O)c2c1C. The van der Waals surface area contributed by atoms with Crippen molar-refractivity contribution in [1.82, 2.24) is 19.8 Å². The summed E-state index contributed by atoms with van der Waals surface area (Å²) in [5, 5.41) is 3.67. The molecule has 0 saturated carbocycles. The number of piperazine rings is 1. The van der Waals surface area contributed by atoms with E-state index in [0.717, 1.165) is 47.9 Å². The highest BCUT2D eigenvalue weighted by Crippen LogP contribution is 2.32. The largest absolute Gasteiger partial charge is 0.490 e. The first kappa shape index (κ1) is 22.8. The Morgan fingerprint density at radius 1 is 1.12 bits per heavy atom. The van der Waals surface area contributed by atoms with E-state index >= 15 is 0 Å². The van der Waals surface area contributed by atoms with E-state index in [1.54, 1.807) is 11.3 Å². The standard InChI is InChI=1S/C24H29N5O4S/c1-15-16(2)34-24-22(15)23(31)26-20(27-24)13-28-6-8-29(9-7-28)14-21(30)25-17-4-5-18-19(12-17)33-11-3-10-32-18/h4-5,12H,3,6-11,13-14H2,1-2H3,(H,25,30)(H,26,27,31). The van der Waals surface area contributed by atoms with Crippen molar-refractivity contribution in [3.63, 3.8) is 0 Å². The van der Waals surface area contributed by atoms with E-state index in [2.05, 4.69) is 25.1 Å². The Morgan fingerprint density at radius 2 is 1.85 bits per heavy atom. The quantitative estimate of drug-likeness (QED) is 0.575. The number of benzene rings is 1. The number of aromatic nitrogens is 2. The Hall–Kier alpha value is -2.95. The molecule has 0 bridgehead atoms. The Bertz CT molecular complexity index is 1260. The highest BCUT2D eigenvalue weighted by atomic mass is 32.1. The summed E-state index contributed by atoms with van der Waals surface area (Å²) in [6, 6.07) is 5.49. The number of rotatable bonds is 5. The maximum absolute atomic E-state index is 12.6. The van der Waals surface area contributed by atoms with Crippen molar-refractivity contribution in [2.24, 2.45) is 0 Å². The normalized spacial score (nSPS) is 17.0. The van der Waals surface area contributed by atoms with Gasteiger partial charge in [-0.3, -0.25) is 19.4 Å². The van der Waals surface area contributed by atoms with Gasteiger partial charge < -0.3 is 19.8 Å². The number of hydrogen-bond donors (Lipinski definition) is 2. The second kappa shape index (κ2) is 9.73. The lowest BCUT2D eigenvalue weighted by Crippen LogP contribution is -2.48. The molecule has 9 nitrogen and oxygen atoms in total. The Labute approximate surface area is 201 Å². The fraction of sp³-hybridized carbons (Fsp3) is 0.458. The summed E-state index contributed by atoms with van der Waals surface area (Å²) in [6.45, 7) is 9.33. The van der Waals surface area contributed by atoms with Gasteiger partial charge in [0.2, 0.25) is 5.91 Å². The van der Waals surface area contributed by atoms with Gasteiger partial charge in [0.1, 0.15) is 10.7 Å². The molecule has 1 fully saturated rings. The summed E-state index contributed by atoms with van der Waals surface area (Å²) in [7, 11) is 0. The van der Waals surface area contributed by atoms with Crippen LogP contribution in [0.2, 0.25) is 0 Å². The van der Waals surface area contributed by atoms with Crippen molar-refractivity contribution < 1.29 is 14.3 Å². The lowest BCUT2D eigenvalue weighted by Gasteiger charge is -2.33. The molecule has 2 aliphatic heterocycles. The van der Waals surface area contributed by atoms with E-state index in [1.807, 2.05) is 32.0 Å². The molecule has 0 atom stereocenters. The van der Waals surface area contributed by atoms with Crippen LogP contribution in [0.25, 0.3) is 10.2 Å². The molecule has 1 saturated heterocycles. The van der Waals surface area contributed by atoms with Gasteiger partial charge in [0.15, 0.2) is 11.5 Å². The average molecular weight is 484 g/mol. The van der Waals surface area contributed by atoms with Gasteiger partial charge in [0, 0.05) is 49.2 Å². The molecule has 3 aromatic rings. The molecule has 10 heteroatoms. The Balaban J connectivity index is 1.13. The van der Waals surface area contributed by atoms with Crippen LogP contribution in [-0.4, -0.2) is 71.6 Å². The number of hydrogen-bond acceptors (Lipinski definition) is 8. The maximum Gasteiger partial charge on any atom is 0.259 e. The summed E-state index contributed by atoms with van der Waals surface area (Å²) in [4.78, 5) is 39.1. The fourth-order valence-electron chi connectivity index (χ4n) is 4.34. The predicted molar refractivity (Wildman–Crippen MR) is 132 cm³/mol. The van der Waals surface area contributed by atoms with E-state index in [9.17, 15) is 9.59 Å². The molecule has 1 amide bonds. The predicted octanol–water partition coefficient (Wildman–Crippen LogP) is 2.52. The van der Waals surface area contributed by atoms with E-state index < -0.39 is 0 Å². The summed E-state index contributed by atoms with van der Waals surface area (Å²) in [5.74, 6) is 2.02. The van der Waals surface area contributed by atoms with E-state index in [0.29, 0.717) is 54.7 Å². The molecule has 5 rings (SSSR count). The second-order valence-corrected chi connectivity index (χ2v) is 9.99. The van der Waals surface area contributed by atoms with E-state index in [4.69, 9.17) is 9.47 Å². The zero-order chi connectivity index (χ0) is 23.7. The number of fused-ring (bicyclic) bond motifs is 2. The molecule has 4 heterocycles. The summed E-state index contributed by atoms with van der Waals surface area (Å²) >= 11 is 1.57. The first-order chi connectivity index (χ1) is 16.5. The lowest BCUT2D eigenvalue weighted by molar-refractivity contribution is -0.117. The third kappa shape index (κ3) is 4.94. The lowest BCUT2D eigenvalue weighted by atomic mass is 10.2. The molecule has 1 aromatic carbocycles. The molecule has 34 heavy (non-hydrogen) atoms. The monoisotopic (exact) mass is 483 g/mol. The Kier molecular flexibility index (Phi) is 6.53. The number of amides is 1. The van der Waals surface area contributed by atoms with Gasteiger partial charge in [-0.25, -0.2) is 4.98 Å². The Morgan fingerprint density at radius 3 is 2.65 bits per heavy atom. The summed E-state index contributed by atoms with van der Waals surface area (Å²) < 4.78 is 11.3. The molecule has 180 valence electrons. The van der Waals surface area contributed by atoms with Gasteiger partial charge in [-0.15, -0.1) is 11.3 Å². The number of carbonyl (C=O) groups excluding carboxylic acids is 1. The number of anilines is 1. The van der Waals surface area contributed by atoms with Crippen LogP contribution in [0.15, 0.2) is 23.0 Å². The van der Waals surface area contributed by atoms with Crippen molar-refractivity contribution in [2.75, 3.05) is 51.3 Å². The summed E-state index contributed by atoms with van der Waals surface area (Å²) in [5.41, 5.74) is 1.66. The summed E-state index contributed by atoms with van der Waals surface area (Å²) in [6.07, 6.45) is 0.844. The van der Waals surface area contributed by atoms with Crippen LogP contribution in [0.3, 0.4) is 0 Å². The zero-order valence-corrected chi connectivity index (χ0v) is 20.3. The highest BCUT2D eigenvalue weighted by Gasteiger charge is 2.21. The van der Waals surface area contributed by atoms with E-state index in [1.165, 1.54) is 0 Å². The minimum atomic E-state index is -0.0630. The van der Waals surface area contributed by atoms with E-state index in [-0.39, 0.29) is 11.5 Å². The number of thiophene rings is 1. The molecule has 0 unspecified atom stereocenters. The number of aromatic amines is 1. The molecule has 2 aromatic heterocycles. The maximum atomic E-state index is 12.6. The minimum absolute atomic E-state index is 0.0529.